The molecular formula is C18H30N2. The van der Waals surface area contributed by atoms with Crippen LogP contribution in [0.15, 0.2) is 18.2 Å². The first-order valence-electron chi connectivity index (χ1n) is 8.14. The van der Waals surface area contributed by atoms with Crippen LogP contribution in [0.1, 0.15) is 51.0 Å². The van der Waals surface area contributed by atoms with Gasteiger partial charge in [-0.3, -0.25) is 0 Å². The highest BCUT2D eigenvalue weighted by Crippen LogP contribution is 2.29. The summed E-state index contributed by atoms with van der Waals surface area (Å²) < 4.78 is 0. The van der Waals surface area contributed by atoms with Crippen LogP contribution in [-0.4, -0.2) is 20.1 Å². The van der Waals surface area contributed by atoms with Crippen LogP contribution >= 0.6 is 0 Å². The predicted octanol–water partition coefficient (Wildman–Crippen LogP) is 4.83. The maximum atomic E-state index is 3.76. The molecule has 0 heterocycles. The van der Waals surface area contributed by atoms with Gasteiger partial charge in [0, 0.05) is 31.5 Å². The van der Waals surface area contributed by atoms with E-state index in [4.69, 9.17) is 0 Å². The Morgan fingerprint density at radius 3 is 2.65 bits per heavy atom. The second kappa shape index (κ2) is 7.01. The molecule has 1 aromatic rings. The number of hydrogen-bond acceptors (Lipinski definition) is 2. The number of nitrogens with zero attached hydrogens (tertiary/aromatic N) is 1. The van der Waals surface area contributed by atoms with E-state index in [1.54, 1.807) is 0 Å². The number of hydrogen-bond donors (Lipinski definition) is 1. The number of rotatable bonds is 4. The molecule has 2 heteroatoms. The van der Waals surface area contributed by atoms with E-state index >= 15 is 0 Å². The van der Waals surface area contributed by atoms with E-state index in [0.717, 1.165) is 5.92 Å². The molecule has 20 heavy (non-hydrogen) atoms. The number of benzene rings is 1. The fourth-order valence-electron chi connectivity index (χ4n) is 3.35. The molecule has 1 saturated carbocycles. The molecule has 0 radical (unpaired) electrons. The molecule has 2 nitrogen and oxygen atoms in total. The third-order valence-corrected chi connectivity index (χ3v) is 4.73. The van der Waals surface area contributed by atoms with Crippen molar-refractivity contribution in [1.29, 1.82) is 0 Å². The SMILES string of the molecule is CCC1CCCC(Nc2ccc(C)c(N(C)C)c2)CC1. The molecule has 1 aromatic carbocycles. The van der Waals surface area contributed by atoms with Crippen molar-refractivity contribution in [1.82, 2.24) is 0 Å². The molecule has 1 N–H and O–H groups in total. The second-order valence-corrected chi connectivity index (χ2v) is 6.52. The van der Waals surface area contributed by atoms with Crippen LogP contribution in [0.5, 0.6) is 0 Å². The van der Waals surface area contributed by atoms with Crippen LogP contribution < -0.4 is 10.2 Å². The molecule has 1 aliphatic rings. The Labute approximate surface area is 124 Å². The van der Waals surface area contributed by atoms with Gasteiger partial charge < -0.3 is 10.2 Å². The zero-order valence-corrected chi connectivity index (χ0v) is 13.6. The number of anilines is 2. The molecule has 2 atom stereocenters. The Bertz CT molecular complexity index is 425. The van der Waals surface area contributed by atoms with E-state index in [9.17, 15) is 0 Å². The van der Waals surface area contributed by atoms with E-state index in [2.05, 4.69) is 56.4 Å². The fraction of sp³-hybridized carbons (Fsp3) is 0.667. The second-order valence-electron chi connectivity index (χ2n) is 6.52. The lowest BCUT2D eigenvalue weighted by Crippen LogP contribution is -2.19. The number of nitrogens with one attached hydrogen (secondary N) is 1. The molecule has 2 unspecified atom stereocenters. The van der Waals surface area contributed by atoms with Crippen LogP contribution in [0, 0.1) is 12.8 Å². The van der Waals surface area contributed by atoms with Crippen LogP contribution in [-0.2, 0) is 0 Å². The van der Waals surface area contributed by atoms with E-state index in [0.29, 0.717) is 6.04 Å². The Morgan fingerprint density at radius 2 is 1.95 bits per heavy atom. The van der Waals surface area contributed by atoms with Crippen molar-refractivity contribution in [3.05, 3.63) is 23.8 Å². The molecule has 0 amide bonds. The van der Waals surface area contributed by atoms with Gasteiger partial charge in [-0.15, -0.1) is 0 Å². The van der Waals surface area contributed by atoms with Gasteiger partial charge in [-0.2, -0.15) is 0 Å². The molecule has 112 valence electrons. The summed E-state index contributed by atoms with van der Waals surface area (Å²) in [7, 11) is 4.23. The highest BCUT2D eigenvalue weighted by molar-refractivity contribution is 5.62. The van der Waals surface area contributed by atoms with Gasteiger partial charge in [-0.05, 0) is 49.8 Å². The minimum absolute atomic E-state index is 0.657. The first kappa shape index (κ1) is 15.2. The van der Waals surface area contributed by atoms with Gasteiger partial charge in [0.25, 0.3) is 0 Å². The third kappa shape index (κ3) is 3.91. The molecule has 0 aromatic heterocycles. The van der Waals surface area contributed by atoms with E-state index in [1.165, 1.54) is 55.5 Å². The molecule has 0 spiro atoms. The first-order valence-corrected chi connectivity index (χ1v) is 8.14. The normalized spacial score (nSPS) is 23.2. The standard InChI is InChI=1S/C18H30N2/c1-5-15-7-6-8-16(12-10-15)19-17-11-9-14(2)18(13-17)20(3)4/h9,11,13,15-16,19H,5-8,10,12H2,1-4H3. The molecule has 0 bridgehead atoms. The lowest BCUT2D eigenvalue weighted by atomic mass is 9.98. The van der Waals surface area contributed by atoms with E-state index < -0.39 is 0 Å². The van der Waals surface area contributed by atoms with Gasteiger partial charge in [0.05, 0.1) is 0 Å². The summed E-state index contributed by atoms with van der Waals surface area (Å²) in [5, 5.41) is 3.76. The fourth-order valence-corrected chi connectivity index (χ4v) is 3.35. The largest absolute Gasteiger partial charge is 0.382 e. The molecule has 1 fully saturated rings. The summed E-state index contributed by atoms with van der Waals surface area (Å²) in [6.07, 6.45) is 8.18. The molecule has 0 saturated heterocycles. The quantitative estimate of drug-likeness (QED) is 0.791. The predicted molar refractivity (Wildman–Crippen MR) is 89.8 cm³/mol. The van der Waals surface area contributed by atoms with Crippen molar-refractivity contribution in [3.8, 4) is 0 Å². The highest BCUT2D eigenvalue weighted by Gasteiger charge is 2.17. The topological polar surface area (TPSA) is 15.3 Å². The minimum Gasteiger partial charge on any atom is -0.382 e. The summed E-state index contributed by atoms with van der Waals surface area (Å²) in [6.45, 7) is 4.51. The van der Waals surface area contributed by atoms with Crippen LogP contribution in [0.4, 0.5) is 11.4 Å². The van der Waals surface area contributed by atoms with Crippen molar-refractivity contribution >= 4 is 11.4 Å². The smallest absolute Gasteiger partial charge is 0.0411 e. The molecule has 1 aliphatic carbocycles. The zero-order chi connectivity index (χ0) is 14.5. The van der Waals surface area contributed by atoms with Crippen molar-refractivity contribution in [2.24, 2.45) is 5.92 Å². The van der Waals surface area contributed by atoms with Crippen molar-refractivity contribution in [2.75, 3.05) is 24.3 Å². The van der Waals surface area contributed by atoms with Gasteiger partial charge >= 0.3 is 0 Å². The zero-order valence-electron chi connectivity index (χ0n) is 13.6. The van der Waals surface area contributed by atoms with Crippen molar-refractivity contribution in [3.63, 3.8) is 0 Å². The van der Waals surface area contributed by atoms with Crippen LogP contribution in [0.2, 0.25) is 0 Å². The van der Waals surface area contributed by atoms with Crippen LogP contribution in [0.3, 0.4) is 0 Å². The van der Waals surface area contributed by atoms with Gasteiger partial charge in [-0.1, -0.05) is 32.3 Å². The summed E-state index contributed by atoms with van der Waals surface area (Å²) >= 11 is 0. The minimum atomic E-state index is 0.657. The molecular weight excluding hydrogens is 244 g/mol. The Balaban J connectivity index is 2.01. The summed E-state index contributed by atoms with van der Waals surface area (Å²) in [6, 6.07) is 7.40. The highest BCUT2D eigenvalue weighted by atomic mass is 15.1. The Kier molecular flexibility index (Phi) is 5.33. The van der Waals surface area contributed by atoms with E-state index in [-0.39, 0.29) is 0 Å². The third-order valence-electron chi connectivity index (χ3n) is 4.73. The van der Waals surface area contributed by atoms with Gasteiger partial charge in [0.2, 0.25) is 0 Å². The summed E-state index contributed by atoms with van der Waals surface area (Å²) in [5.74, 6) is 0.956. The first-order chi connectivity index (χ1) is 9.60. The average Bonchev–Trinajstić information content (AvgIpc) is 2.66. The van der Waals surface area contributed by atoms with Crippen LogP contribution in [0.25, 0.3) is 0 Å². The Morgan fingerprint density at radius 1 is 1.15 bits per heavy atom. The summed E-state index contributed by atoms with van der Waals surface area (Å²) in [4.78, 5) is 2.20. The van der Waals surface area contributed by atoms with E-state index in [1.807, 2.05) is 0 Å². The van der Waals surface area contributed by atoms with Crippen molar-refractivity contribution < 1.29 is 0 Å². The Hall–Kier alpha value is -1.18. The van der Waals surface area contributed by atoms with Gasteiger partial charge in [-0.25, -0.2) is 0 Å². The number of aryl methyl sites for hydroxylation is 1. The summed E-state index contributed by atoms with van der Waals surface area (Å²) in [5.41, 5.74) is 3.93. The maximum absolute atomic E-state index is 3.76. The van der Waals surface area contributed by atoms with Crippen molar-refractivity contribution in [2.45, 2.75) is 58.4 Å². The monoisotopic (exact) mass is 274 g/mol. The van der Waals surface area contributed by atoms with Gasteiger partial charge in [0.1, 0.15) is 0 Å². The van der Waals surface area contributed by atoms with Gasteiger partial charge in [0.15, 0.2) is 0 Å². The lowest BCUT2D eigenvalue weighted by Gasteiger charge is -2.21. The average molecular weight is 274 g/mol. The maximum Gasteiger partial charge on any atom is 0.0411 e. The lowest BCUT2D eigenvalue weighted by molar-refractivity contribution is 0.444. The molecule has 2 rings (SSSR count). The molecule has 0 aliphatic heterocycles.